The summed E-state index contributed by atoms with van der Waals surface area (Å²) in [6.07, 6.45) is -0.326. The number of carbonyl (C=O) groups excluding carboxylic acids is 4. The number of aromatic nitrogens is 1. The van der Waals surface area contributed by atoms with Gasteiger partial charge in [0.05, 0.1) is 42.0 Å². The summed E-state index contributed by atoms with van der Waals surface area (Å²) in [5, 5.41) is 24.5. The zero-order valence-corrected chi connectivity index (χ0v) is 19.7. The molecule has 3 amide bonds. The molecule has 0 saturated carbocycles. The molecule has 3 fully saturated rings. The van der Waals surface area contributed by atoms with Gasteiger partial charge in [-0.25, -0.2) is 4.98 Å². The van der Waals surface area contributed by atoms with Crippen LogP contribution in [-0.4, -0.2) is 74.1 Å². The van der Waals surface area contributed by atoms with Crippen LogP contribution in [0.3, 0.4) is 0 Å². The minimum Gasteiger partial charge on any atom is -0.543 e. The molecule has 0 aromatic carbocycles. The average molecular weight is 492 g/mol. The Hall–Kier alpha value is -2.44. The number of carbonyl (C=O) groups is 4. The van der Waals surface area contributed by atoms with E-state index < -0.39 is 18.0 Å². The normalized spacial score (nSPS) is 28.4. The first-order chi connectivity index (χ1) is 15.7. The number of β-lactam (4-membered cyclic amide) rings is 1. The number of carboxylic acids is 1. The lowest BCUT2D eigenvalue weighted by Crippen LogP contribution is -2.64. The van der Waals surface area contributed by atoms with E-state index in [9.17, 15) is 29.4 Å². The highest BCUT2D eigenvalue weighted by Gasteiger charge is 2.59. The molecule has 12 heteroatoms. The summed E-state index contributed by atoms with van der Waals surface area (Å²) in [7, 11) is 0. The number of thiazole rings is 1. The van der Waals surface area contributed by atoms with Gasteiger partial charge in [0.2, 0.25) is 17.7 Å². The van der Waals surface area contributed by atoms with Crippen molar-refractivity contribution >= 4 is 51.9 Å². The van der Waals surface area contributed by atoms with Gasteiger partial charge >= 0.3 is 0 Å². The van der Waals surface area contributed by atoms with Crippen molar-refractivity contribution in [3.8, 4) is 0 Å². The highest BCUT2D eigenvalue weighted by atomic mass is 32.2. The van der Waals surface area contributed by atoms with Gasteiger partial charge in [0.25, 0.3) is 0 Å². The number of anilines is 1. The van der Waals surface area contributed by atoms with Gasteiger partial charge in [-0.3, -0.25) is 19.3 Å². The average Bonchev–Trinajstić information content (AvgIpc) is 3.36. The maximum atomic E-state index is 12.4. The molecule has 0 radical (unpaired) electrons. The monoisotopic (exact) mass is 491 g/mol. The van der Waals surface area contributed by atoms with Gasteiger partial charge in [-0.15, -0.1) is 23.1 Å². The van der Waals surface area contributed by atoms with E-state index in [4.69, 9.17) is 0 Å². The molecule has 5 rings (SSSR count). The molecular formula is C21H23N4O6S2-. The molecule has 0 spiro atoms. The highest BCUT2D eigenvalue weighted by molar-refractivity contribution is 8.03. The zero-order chi connectivity index (χ0) is 23.6. The molecule has 10 nitrogen and oxygen atoms in total. The second-order valence-corrected chi connectivity index (χ2v) is 11.1. The van der Waals surface area contributed by atoms with Crippen molar-refractivity contribution in [2.24, 2.45) is 11.8 Å². The summed E-state index contributed by atoms with van der Waals surface area (Å²) in [5.74, 6) is -2.84. The van der Waals surface area contributed by atoms with Crippen LogP contribution in [0.15, 0.2) is 16.0 Å². The minimum absolute atomic E-state index is 0.0608. The Bertz CT molecular complexity index is 1060. The molecule has 176 valence electrons. The van der Waals surface area contributed by atoms with Crippen LogP contribution in [0.1, 0.15) is 32.4 Å². The predicted octanol–water partition coefficient (Wildman–Crippen LogP) is -0.467. The fourth-order valence-corrected chi connectivity index (χ4v) is 7.35. The van der Waals surface area contributed by atoms with Crippen molar-refractivity contribution in [2.45, 2.75) is 50.6 Å². The Balaban J connectivity index is 1.22. The number of hydrogen-bond acceptors (Lipinski definition) is 10. The first-order valence-electron chi connectivity index (χ1n) is 10.8. The SMILES string of the molecule is C[C@@H](O)[C@H]1C(=O)N2C(C(=O)[O-])=C(SC3CN(c4nc(CN5C(=O)CCC5=O)cs4)C3)[C@H](C)[C@H]12. The molecule has 1 aromatic rings. The second-order valence-electron chi connectivity index (χ2n) is 8.89. The van der Waals surface area contributed by atoms with Gasteiger partial charge in [-0.1, -0.05) is 6.92 Å². The first kappa shape index (κ1) is 22.4. The van der Waals surface area contributed by atoms with Crippen LogP contribution in [0.5, 0.6) is 0 Å². The number of imide groups is 1. The summed E-state index contributed by atoms with van der Waals surface area (Å²) >= 11 is 2.90. The van der Waals surface area contributed by atoms with E-state index in [1.165, 1.54) is 32.9 Å². The number of hydrogen-bond donors (Lipinski definition) is 1. The van der Waals surface area contributed by atoms with Crippen LogP contribution in [0.4, 0.5) is 5.13 Å². The Labute approximate surface area is 198 Å². The van der Waals surface area contributed by atoms with E-state index in [0.717, 1.165) is 5.13 Å². The van der Waals surface area contributed by atoms with Crippen molar-refractivity contribution in [3.05, 3.63) is 21.7 Å². The highest BCUT2D eigenvalue weighted by Crippen LogP contribution is 2.52. The van der Waals surface area contributed by atoms with Crippen LogP contribution in [-0.2, 0) is 25.7 Å². The molecule has 33 heavy (non-hydrogen) atoms. The smallest absolute Gasteiger partial charge is 0.235 e. The number of carboxylic acid groups (broad SMARTS) is 1. The van der Waals surface area contributed by atoms with Crippen molar-refractivity contribution in [1.29, 1.82) is 0 Å². The fourth-order valence-electron chi connectivity index (χ4n) is 4.99. The van der Waals surface area contributed by atoms with Crippen molar-refractivity contribution in [1.82, 2.24) is 14.8 Å². The number of fused-ring (bicyclic) bond motifs is 1. The Morgan fingerprint density at radius 2 is 1.97 bits per heavy atom. The number of amides is 3. The molecule has 0 unspecified atom stereocenters. The van der Waals surface area contributed by atoms with E-state index in [0.29, 0.717) is 23.7 Å². The van der Waals surface area contributed by atoms with Crippen LogP contribution < -0.4 is 10.0 Å². The Morgan fingerprint density at radius 3 is 2.58 bits per heavy atom. The summed E-state index contributed by atoms with van der Waals surface area (Å²) < 4.78 is 0. The number of rotatable bonds is 7. The van der Waals surface area contributed by atoms with Crippen molar-refractivity contribution in [3.63, 3.8) is 0 Å². The number of likely N-dealkylation sites (tertiary alicyclic amines) is 1. The lowest BCUT2D eigenvalue weighted by Gasteiger charge is -2.47. The fraction of sp³-hybridized carbons (Fsp3) is 0.571. The maximum Gasteiger partial charge on any atom is 0.235 e. The third-order valence-corrected chi connectivity index (χ3v) is 9.13. The molecule has 3 saturated heterocycles. The van der Waals surface area contributed by atoms with Crippen LogP contribution in [0, 0.1) is 11.8 Å². The van der Waals surface area contributed by atoms with Crippen LogP contribution >= 0.6 is 23.1 Å². The van der Waals surface area contributed by atoms with E-state index in [1.54, 1.807) is 6.92 Å². The molecule has 4 aliphatic heterocycles. The Morgan fingerprint density at radius 1 is 1.30 bits per heavy atom. The van der Waals surface area contributed by atoms with Gasteiger partial charge in [0.1, 0.15) is 0 Å². The molecule has 1 N–H and O–H groups in total. The molecular weight excluding hydrogens is 468 g/mol. The minimum atomic E-state index is -1.36. The summed E-state index contributed by atoms with van der Waals surface area (Å²) in [6, 6.07) is -0.346. The van der Waals surface area contributed by atoms with Crippen molar-refractivity contribution < 1.29 is 29.4 Å². The van der Waals surface area contributed by atoms with Gasteiger partial charge in [-0.2, -0.15) is 0 Å². The van der Waals surface area contributed by atoms with E-state index >= 15 is 0 Å². The lowest BCUT2D eigenvalue weighted by molar-refractivity contribution is -0.301. The molecule has 5 heterocycles. The van der Waals surface area contributed by atoms with E-state index in [2.05, 4.69) is 9.88 Å². The van der Waals surface area contributed by atoms with Gasteiger partial charge in [0.15, 0.2) is 5.13 Å². The van der Waals surface area contributed by atoms with Crippen LogP contribution in [0.2, 0.25) is 0 Å². The van der Waals surface area contributed by atoms with Crippen molar-refractivity contribution in [2.75, 3.05) is 18.0 Å². The van der Waals surface area contributed by atoms with Crippen LogP contribution in [0.25, 0.3) is 0 Å². The lowest BCUT2D eigenvalue weighted by atomic mass is 9.79. The van der Waals surface area contributed by atoms with E-state index in [1.807, 2.05) is 12.3 Å². The standard InChI is InChI=1S/C21H24N4O6S2/c1-9-16-15(10(2)26)19(29)25(16)17(20(30)31)18(9)33-12-6-23(7-12)21-22-11(8-32-21)5-24-13(27)3-4-14(24)28/h8-10,12,15-16,26H,3-7H2,1-2H3,(H,30,31)/p-1/t9-,10-,15-,16-/m1/s1. The quantitative estimate of drug-likeness (QED) is 0.397. The number of aliphatic carboxylic acids is 1. The number of thioether (sulfide) groups is 1. The van der Waals surface area contributed by atoms with E-state index in [-0.39, 0.29) is 60.0 Å². The first-order valence-corrected chi connectivity index (χ1v) is 12.6. The zero-order valence-electron chi connectivity index (χ0n) is 18.1. The number of aliphatic hydroxyl groups is 1. The number of nitrogens with zero attached hydrogens (tertiary/aromatic N) is 4. The number of aliphatic hydroxyl groups excluding tert-OH is 1. The van der Waals surface area contributed by atoms with Gasteiger partial charge < -0.3 is 24.8 Å². The topological polar surface area (TPSA) is 134 Å². The summed E-state index contributed by atoms with van der Waals surface area (Å²) in [6.45, 7) is 4.96. The summed E-state index contributed by atoms with van der Waals surface area (Å²) in [5.41, 5.74) is 0.613. The molecule has 4 atom stereocenters. The third kappa shape index (κ3) is 3.55. The molecule has 4 aliphatic rings. The maximum absolute atomic E-state index is 12.4. The second kappa shape index (κ2) is 8.10. The van der Waals surface area contributed by atoms with Gasteiger partial charge in [-0.05, 0) is 6.92 Å². The Kier molecular flexibility index (Phi) is 5.49. The van der Waals surface area contributed by atoms with Gasteiger partial charge in [0, 0.05) is 47.4 Å². The molecule has 1 aromatic heterocycles. The summed E-state index contributed by atoms with van der Waals surface area (Å²) in [4.78, 5) is 57.7. The largest absolute Gasteiger partial charge is 0.543 e. The third-order valence-electron chi connectivity index (χ3n) is 6.73. The molecule has 0 aliphatic carbocycles. The predicted molar refractivity (Wildman–Crippen MR) is 117 cm³/mol. The molecule has 0 bridgehead atoms.